The number of nitrogens with zero attached hydrogens (tertiary/aromatic N) is 2. The molecule has 0 radical (unpaired) electrons. The molecule has 35 heavy (non-hydrogen) atoms. The number of Topliss-reactive ketones (excluding diaryl/α,β-unsaturated/α-hetero) is 1. The van der Waals surface area contributed by atoms with Crippen molar-refractivity contribution in [3.63, 3.8) is 0 Å². The van der Waals surface area contributed by atoms with Gasteiger partial charge in [0.1, 0.15) is 5.78 Å². The molecule has 1 aromatic rings. The third-order valence-electron chi connectivity index (χ3n) is 7.68. The van der Waals surface area contributed by atoms with Crippen molar-refractivity contribution >= 4 is 53.5 Å². The van der Waals surface area contributed by atoms with Gasteiger partial charge in [0.05, 0.1) is 30.2 Å². The van der Waals surface area contributed by atoms with Crippen LogP contribution >= 0.6 is 23.2 Å². The summed E-state index contributed by atoms with van der Waals surface area (Å²) >= 11 is 12.0. The number of benzene rings is 1. The van der Waals surface area contributed by atoms with Gasteiger partial charge in [0.15, 0.2) is 12.1 Å². The van der Waals surface area contributed by atoms with Gasteiger partial charge in [-0.1, -0.05) is 43.5 Å². The van der Waals surface area contributed by atoms with Crippen LogP contribution in [-0.2, 0) is 23.7 Å². The standard InChI is InChI=1S/C23H30BCl2N3O6/c1-13(2)7-14(8-16(30)10-27-21(31)17-9-15(25)5-6-18(17)26)24-29(4)19(22(32)34-24)11-28(3)12-20(29)23(33)35-24/h5-6,9,13-14,19-20H,7-8,10-12H2,1-4H3,(H,27,31)/t14-,19-,20+,24?,29?/m1/s1. The molecule has 0 aliphatic carbocycles. The fraction of sp³-hybridized carbons (Fsp3) is 0.565. The normalized spacial score (nSPS) is 30.6. The fourth-order valence-electron chi connectivity index (χ4n) is 6.05. The second kappa shape index (κ2) is 9.39. The number of carbonyl (C=O) groups excluding carboxylic acids is 4. The molecule has 0 saturated carbocycles. The van der Waals surface area contributed by atoms with Crippen molar-refractivity contribution in [3.8, 4) is 0 Å². The van der Waals surface area contributed by atoms with E-state index in [9.17, 15) is 19.2 Å². The molecule has 3 aliphatic heterocycles. The van der Waals surface area contributed by atoms with Crippen LogP contribution in [0.5, 0.6) is 0 Å². The maximum atomic E-state index is 13.1. The van der Waals surface area contributed by atoms with E-state index < -0.39 is 42.4 Å². The van der Waals surface area contributed by atoms with E-state index in [1.807, 2.05) is 32.8 Å². The molecule has 0 aromatic heterocycles. The summed E-state index contributed by atoms with van der Waals surface area (Å²) in [6.07, 6.45) is 0.509. The van der Waals surface area contributed by atoms with Crippen LogP contribution in [0.3, 0.4) is 0 Å². The minimum Gasteiger partial charge on any atom is -0.600 e. The summed E-state index contributed by atoms with van der Waals surface area (Å²) in [6, 6.07) is 3.40. The van der Waals surface area contributed by atoms with E-state index in [-0.39, 0.29) is 39.6 Å². The van der Waals surface area contributed by atoms with Crippen molar-refractivity contribution in [1.29, 1.82) is 0 Å². The number of ketones is 1. The molecular weight excluding hydrogens is 496 g/mol. The first-order valence-corrected chi connectivity index (χ1v) is 12.5. The highest BCUT2D eigenvalue weighted by Crippen LogP contribution is 2.52. The first-order valence-electron chi connectivity index (χ1n) is 11.8. The van der Waals surface area contributed by atoms with Crippen LogP contribution in [-0.4, -0.2) is 85.4 Å². The highest BCUT2D eigenvalue weighted by Gasteiger charge is 2.77. The summed E-state index contributed by atoms with van der Waals surface area (Å²) in [4.78, 5) is 53.5. The molecular formula is C23H30BCl2N3O6. The monoisotopic (exact) mass is 525 g/mol. The molecule has 0 bridgehead atoms. The molecule has 2 unspecified atom stereocenters. The summed E-state index contributed by atoms with van der Waals surface area (Å²) < 4.78 is 12.0. The van der Waals surface area contributed by atoms with E-state index in [0.29, 0.717) is 24.5 Å². The van der Waals surface area contributed by atoms with Crippen molar-refractivity contribution in [2.75, 3.05) is 33.7 Å². The lowest BCUT2D eigenvalue weighted by molar-refractivity contribution is -0.849. The largest absolute Gasteiger partial charge is 0.600 e. The Morgan fingerprint density at radius 2 is 1.77 bits per heavy atom. The van der Waals surface area contributed by atoms with Gasteiger partial charge < -0.3 is 19.0 Å². The molecule has 12 heteroatoms. The van der Waals surface area contributed by atoms with Gasteiger partial charge in [-0.05, 0) is 43.4 Å². The Bertz CT molecular complexity index is 1060. The second-order valence-corrected chi connectivity index (χ2v) is 11.4. The molecule has 3 fully saturated rings. The van der Waals surface area contributed by atoms with Gasteiger partial charge in [-0.3, -0.25) is 14.5 Å². The van der Waals surface area contributed by atoms with Crippen molar-refractivity contribution in [2.45, 2.75) is 44.6 Å². The molecule has 1 N–H and O–H groups in total. The smallest absolute Gasteiger partial charge is 0.587 e. The van der Waals surface area contributed by atoms with Crippen LogP contribution in [0, 0.1) is 5.92 Å². The average molecular weight is 526 g/mol. The Morgan fingerprint density at radius 3 is 2.34 bits per heavy atom. The zero-order chi connectivity index (χ0) is 25.7. The number of carbonyl (C=O) groups is 4. The highest BCUT2D eigenvalue weighted by atomic mass is 35.5. The number of likely N-dealkylation sites (N-methyl/N-ethyl adjacent to an activating group) is 2. The van der Waals surface area contributed by atoms with Gasteiger partial charge in [0.25, 0.3) is 5.91 Å². The summed E-state index contributed by atoms with van der Waals surface area (Å²) in [7, 11) is 3.71. The van der Waals surface area contributed by atoms with Gasteiger partial charge in [-0.15, -0.1) is 0 Å². The van der Waals surface area contributed by atoms with E-state index in [2.05, 4.69) is 5.32 Å². The van der Waals surface area contributed by atoms with Crippen molar-refractivity contribution in [1.82, 2.24) is 10.2 Å². The Balaban J connectivity index is 1.55. The molecule has 3 saturated heterocycles. The number of hydrogen-bond acceptors (Lipinski definition) is 7. The fourth-order valence-corrected chi connectivity index (χ4v) is 6.42. The summed E-state index contributed by atoms with van der Waals surface area (Å²) in [5, 5.41) is 3.17. The Hall–Kier alpha value is -2.14. The number of halogens is 2. The van der Waals surface area contributed by atoms with Crippen LogP contribution in [0.15, 0.2) is 18.2 Å². The van der Waals surface area contributed by atoms with Crippen LogP contribution in [0.25, 0.3) is 0 Å². The molecule has 9 nitrogen and oxygen atoms in total. The minimum absolute atomic E-state index is 0.00851. The lowest BCUT2D eigenvalue weighted by Gasteiger charge is -2.53. The molecule has 1 aromatic carbocycles. The summed E-state index contributed by atoms with van der Waals surface area (Å²) in [5.74, 6) is -1.95. The number of quaternary nitrogens is 1. The van der Waals surface area contributed by atoms with Crippen molar-refractivity contribution in [3.05, 3.63) is 33.8 Å². The number of piperazine rings is 1. The third kappa shape index (κ3) is 4.35. The van der Waals surface area contributed by atoms with Gasteiger partial charge in [-0.25, -0.2) is 9.59 Å². The van der Waals surface area contributed by atoms with Crippen LogP contribution in [0.1, 0.15) is 37.0 Å². The number of nitrogens with one attached hydrogen (secondary N) is 1. The number of rotatable bonds is 8. The lowest BCUT2D eigenvalue weighted by atomic mass is 9.51. The van der Waals surface area contributed by atoms with E-state index in [1.165, 1.54) is 12.1 Å². The predicted molar refractivity (Wildman–Crippen MR) is 131 cm³/mol. The van der Waals surface area contributed by atoms with E-state index in [0.717, 1.165) is 0 Å². The zero-order valence-corrected chi connectivity index (χ0v) is 21.8. The maximum Gasteiger partial charge on any atom is 0.587 e. The molecule has 3 aliphatic rings. The topological polar surface area (TPSA) is 102 Å². The first kappa shape index (κ1) is 25.9. The van der Waals surface area contributed by atoms with Gasteiger partial charge in [-0.2, -0.15) is 0 Å². The number of amides is 1. The van der Waals surface area contributed by atoms with Gasteiger partial charge in [0.2, 0.25) is 0 Å². The second-order valence-electron chi connectivity index (χ2n) is 10.5. The highest BCUT2D eigenvalue weighted by molar-refractivity contribution is 6.68. The van der Waals surface area contributed by atoms with E-state index in [1.54, 1.807) is 6.07 Å². The Labute approximate surface area is 214 Å². The molecule has 1 amide bonds. The Morgan fingerprint density at radius 1 is 1.17 bits per heavy atom. The van der Waals surface area contributed by atoms with Crippen LogP contribution < -0.4 is 5.32 Å². The number of hydrogen-bond donors (Lipinski definition) is 1. The SMILES string of the molecule is CC(C)C[C@H](CC(=O)CNC(=O)c1cc(Cl)ccc1Cl)[B-]12OC(=O)[C@H]3CN(C)C[C@@H](C(=O)O1)[N+]32C. The minimum atomic E-state index is -2.45. The molecule has 190 valence electrons. The maximum absolute atomic E-state index is 13.1. The molecule has 5 atom stereocenters. The quantitative estimate of drug-likeness (QED) is 0.519. The van der Waals surface area contributed by atoms with E-state index >= 15 is 0 Å². The van der Waals surface area contributed by atoms with Crippen LogP contribution in [0.2, 0.25) is 15.9 Å². The summed E-state index contributed by atoms with van der Waals surface area (Å²) in [6.45, 7) is 2.20. The summed E-state index contributed by atoms with van der Waals surface area (Å²) in [5.41, 5.74) is 0.171. The molecule has 0 spiro atoms. The average Bonchev–Trinajstić information content (AvgIpc) is 3.13. The first-order chi connectivity index (χ1) is 16.4. The van der Waals surface area contributed by atoms with E-state index in [4.69, 9.17) is 32.5 Å². The molecule has 4 rings (SSSR count). The van der Waals surface area contributed by atoms with Crippen molar-refractivity contribution < 1.29 is 32.9 Å². The Kier molecular flexibility index (Phi) is 6.96. The van der Waals surface area contributed by atoms with Crippen molar-refractivity contribution in [2.24, 2.45) is 5.92 Å². The zero-order valence-electron chi connectivity index (χ0n) is 20.3. The van der Waals surface area contributed by atoms with Gasteiger partial charge in [0, 0.05) is 12.1 Å². The third-order valence-corrected chi connectivity index (χ3v) is 8.25. The van der Waals surface area contributed by atoms with Crippen LogP contribution in [0.4, 0.5) is 0 Å². The van der Waals surface area contributed by atoms with Gasteiger partial charge >= 0.3 is 18.6 Å². The lowest BCUT2D eigenvalue weighted by Crippen LogP contribution is -2.74. The predicted octanol–water partition coefficient (Wildman–Crippen LogP) is 2.28. The molecule has 3 heterocycles.